The van der Waals surface area contributed by atoms with Gasteiger partial charge >= 0.3 is 6.18 Å². The summed E-state index contributed by atoms with van der Waals surface area (Å²) in [6.45, 7) is 2.09. The molecule has 21 heavy (non-hydrogen) atoms. The first-order chi connectivity index (χ1) is 9.64. The molecular formula is C13H17F3N2O2S. The predicted molar refractivity (Wildman–Crippen MR) is 73.1 cm³/mol. The van der Waals surface area contributed by atoms with Crippen LogP contribution in [0.1, 0.15) is 31.7 Å². The molecule has 118 valence electrons. The number of nitrogen functional groups attached to an aromatic ring is 1. The molecule has 0 aromatic heterocycles. The van der Waals surface area contributed by atoms with E-state index in [4.69, 9.17) is 5.73 Å². The van der Waals surface area contributed by atoms with Crippen LogP contribution in [0.5, 0.6) is 0 Å². The number of nitrogens with two attached hydrogens (primary N) is 1. The van der Waals surface area contributed by atoms with Crippen LogP contribution in [0.4, 0.5) is 18.9 Å². The number of benzene rings is 1. The number of halogens is 3. The maximum Gasteiger partial charge on any atom is 0.418 e. The van der Waals surface area contributed by atoms with Crippen LogP contribution in [0, 0.1) is 0 Å². The third-order valence-electron chi connectivity index (χ3n) is 3.68. The van der Waals surface area contributed by atoms with Gasteiger partial charge in [0.15, 0.2) is 0 Å². The molecule has 8 heteroatoms. The van der Waals surface area contributed by atoms with Crippen molar-refractivity contribution in [3.8, 4) is 0 Å². The van der Waals surface area contributed by atoms with Crippen LogP contribution >= 0.6 is 0 Å². The average Bonchev–Trinajstić information content (AvgIpc) is 2.37. The van der Waals surface area contributed by atoms with E-state index in [1.807, 2.05) is 0 Å². The standard InChI is InChI=1S/C13H17F3N2O2S/c1-9-4-2-3-7-18(9)21(19,20)10-5-6-12(17)11(8-10)13(14,15)16/h5-6,8-9H,2-4,7,17H2,1H3. The normalized spacial score (nSPS) is 21.4. The fraction of sp³-hybridized carbons (Fsp3) is 0.538. The van der Waals surface area contributed by atoms with Gasteiger partial charge in [0.1, 0.15) is 0 Å². The summed E-state index contributed by atoms with van der Waals surface area (Å²) < 4.78 is 64.8. The number of piperidine rings is 1. The summed E-state index contributed by atoms with van der Waals surface area (Å²) in [6.07, 6.45) is -2.34. The van der Waals surface area contributed by atoms with Gasteiger partial charge in [-0.2, -0.15) is 17.5 Å². The molecule has 2 N–H and O–H groups in total. The number of nitrogens with zero attached hydrogens (tertiary/aromatic N) is 1. The molecule has 0 radical (unpaired) electrons. The lowest BCUT2D eigenvalue weighted by atomic mass is 10.1. The maximum atomic E-state index is 12.8. The van der Waals surface area contributed by atoms with Crippen molar-refractivity contribution in [2.45, 2.75) is 43.3 Å². The molecule has 1 saturated heterocycles. The molecule has 1 aliphatic rings. The van der Waals surface area contributed by atoms with Crippen LogP contribution in [0.15, 0.2) is 23.1 Å². The van der Waals surface area contributed by atoms with Gasteiger partial charge in [-0.25, -0.2) is 8.42 Å². The Morgan fingerprint density at radius 3 is 2.52 bits per heavy atom. The van der Waals surface area contributed by atoms with E-state index in [0.717, 1.165) is 18.6 Å². The highest BCUT2D eigenvalue weighted by atomic mass is 32.2. The number of anilines is 1. The van der Waals surface area contributed by atoms with E-state index >= 15 is 0 Å². The zero-order chi connectivity index (χ0) is 15.8. The molecule has 4 nitrogen and oxygen atoms in total. The molecule has 0 aliphatic carbocycles. The molecule has 0 saturated carbocycles. The summed E-state index contributed by atoms with van der Waals surface area (Å²) in [4.78, 5) is -0.363. The van der Waals surface area contributed by atoms with Gasteiger partial charge < -0.3 is 5.73 Å². The number of hydrogen-bond acceptors (Lipinski definition) is 3. The largest absolute Gasteiger partial charge is 0.418 e. The zero-order valence-electron chi connectivity index (χ0n) is 11.5. The molecule has 1 atom stereocenters. The first kappa shape index (κ1) is 16.1. The van der Waals surface area contributed by atoms with Crippen molar-refractivity contribution in [1.82, 2.24) is 4.31 Å². The summed E-state index contributed by atoms with van der Waals surface area (Å²) >= 11 is 0. The second kappa shape index (κ2) is 5.49. The van der Waals surface area contributed by atoms with Gasteiger partial charge in [0.05, 0.1) is 10.5 Å². The van der Waals surface area contributed by atoms with Crippen molar-refractivity contribution < 1.29 is 21.6 Å². The van der Waals surface area contributed by atoms with E-state index < -0.39 is 27.5 Å². The van der Waals surface area contributed by atoms with Gasteiger partial charge in [-0.05, 0) is 38.0 Å². The van der Waals surface area contributed by atoms with E-state index in [-0.39, 0.29) is 10.9 Å². The minimum Gasteiger partial charge on any atom is -0.398 e. The Labute approximate surface area is 121 Å². The number of hydrogen-bond donors (Lipinski definition) is 1. The van der Waals surface area contributed by atoms with Crippen LogP contribution in [0.2, 0.25) is 0 Å². The minimum atomic E-state index is -4.68. The Balaban J connectivity index is 2.46. The topological polar surface area (TPSA) is 63.4 Å². The molecule has 1 aromatic rings. The van der Waals surface area contributed by atoms with Crippen LogP contribution in [-0.2, 0) is 16.2 Å². The third kappa shape index (κ3) is 3.16. The molecule has 1 aliphatic heterocycles. The highest BCUT2D eigenvalue weighted by Gasteiger charge is 2.36. The van der Waals surface area contributed by atoms with Crippen molar-refractivity contribution in [1.29, 1.82) is 0 Å². The minimum absolute atomic E-state index is 0.212. The molecule has 1 unspecified atom stereocenters. The number of alkyl halides is 3. The smallest absolute Gasteiger partial charge is 0.398 e. The monoisotopic (exact) mass is 322 g/mol. The summed E-state index contributed by atoms with van der Waals surface area (Å²) in [5.74, 6) is 0. The summed E-state index contributed by atoms with van der Waals surface area (Å²) in [5.41, 5.74) is 3.70. The van der Waals surface area contributed by atoms with Crippen molar-refractivity contribution in [3.05, 3.63) is 23.8 Å². The lowest BCUT2D eigenvalue weighted by Gasteiger charge is -2.32. The van der Waals surface area contributed by atoms with Gasteiger partial charge in [-0.15, -0.1) is 0 Å². The summed E-state index contributed by atoms with van der Waals surface area (Å²) in [5, 5.41) is 0. The quantitative estimate of drug-likeness (QED) is 0.852. The van der Waals surface area contributed by atoms with E-state index in [2.05, 4.69) is 0 Å². The van der Waals surface area contributed by atoms with E-state index in [1.165, 1.54) is 4.31 Å². The van der Waals surface area contributed by atoms with Crippen molar-refractivity contribution in [2.24, 2.45) is 0 Å². The van der Waals surface area contributed by atoms with E-state index in [1.54, 1.807) is 6.92 Å². The van der Waals surface area contributed by atoms with Crippen LogP contribution in [-0.4, -0.2) is 25.3 Å². The van der Waals surface area contributed by atoms with Gasteiger partial charge in [-0.3, -0.25) is 0 Å². The Morgan fingerprint density at radius 1 is 1.29 bits per heavy atom. The van der Waals surface area contributed by atoms with Crippen LogP contribution < -0.4 is 5.73 Å². The summed E-state index contributed by atoms with van der Waals surface area (Å²) in [7, 11) is -3.93. The average molecular weight is 322 g/mol. The first-order valence-electron chi connectivity index (χ1n) is 6.62. The second-order valence-corrected chi connectivity index (χ2v) is 7.10. The first-order valence-corrected chi connectivity index (χ1v) is 8.06. The Hall–Kier alpha value is -1.28. The van der Waals surface area contributed by atoms with Crippen LogP contribution in [0.3, 0.4) is 0 Å². The maximum absolute atomic E-state index is 12.8. The third-order valence-corrected chi connectivity index (χ3v) is 5.69. The fourth-order valence-corrected chi connectivity index (χ4v) is 4.23. The fourth-order valence-electron chi connectivity index (χ4n) is 2.51. The predicted octanol–water partition coefficient (Wildman–Crippen LogP) is 2.85. The van der Waals surface area contributed by atoms with Crippen molar-refractivity contribution in [3.63, 3.8) is 0 Å². The van der Waals surface area contributed by atoms with Gasteiger partial charge in [0.25, 0.3) is 0 Å². The van der Waals surface area contributed by atoms with Gasteiger partial charge in [0.2, 0.25) is 10.0 Å². The lowest BCUT2D eigenvalue weighted by Crippen LogP contribution is -2.42. The second-order valence-electron chi connectivity index (χ2n) is 5.21. The molecular weight excluding hydrogens is 305 g/mol. The highest BCUT2D eigenvalue weighted by molar-refractivity contribution is 7.89. The molecule has 0 amide bonds. The Morgan fingerprint density at radius 2 is 1.95 bits per heavy atom. The van der Waals surface area contributed by atoms with Gasteiger partial charge in [-0.1, -0.05) is 6.42 Å². The zero-order valence-corrected chi connectivity index (χ0v) is 12.3. The van der Waals surface area contributed by atoms with Crippen molar-refractivity contribution in [2.75, 3.05) is 12.3 Å². The molecule has 1 heterocycles. The molecule has 0 spiro atoms. The Bertz CT molecular complexity index is 629. The molecule has 1 fully saturated rings. The van der Waals surface area contributed by atoms with Crippen LogP contribution in [0.25, 0.3) is 0 Å². The summed E-state index contributed by atoms with van der Waals surface area (Å²) in [6, 6.07) is 2.52. The number of rotatable bonds is 2. The molecule has 1 aromatic carbocycles. The van der Waals surface area contributed by atoms with Crippen molar-refractivity contribution >= 4 is 15.7 Å². The van der Waals surface area contributed by atoms with Gasteiger partial charge in [0, 0.05) is 18.3 Å². The molecule has 0 bridgehead atoms. The van der Waals surface area contributed by atoms with E-state index in [0.29, 0.717) is 25.5 Å². The van der Waals surface area contributed by atoms with E-state index in [9.17, 15) is 21.6 Å². The number of sulfonamides is 1. The Kier molecular flexibility index (Phi) is 4.21. The molecule has 2 rings (SSSR count). The SMILES string of the molecule is CC1CCCCN1S(=O)(=O)c1ccc(N)c(C(F)(F)F)c1. The lowest BCUT2D eigenvalue weighted by molar-refractivity contribution is -0.137. The highest BCUT2D eigenvalue weighted by Crippen LogP contribution is 2.36.